The molecule has 0 radical (unpaired) electrons. The Hall–Kier alpha value is -2.31. The van der Waals surface area contributed by atoms with Gasteiger partial charge in [-0.25, -0.2) is 4.98 Å². The molecule has 3 aromatic rings. The van der Waals surface area contributed by atoms with Crippen LogP contribution in [-0.2, 0) is 12.0 Å². The molecule has 2 heterocycles. The van der Waals surface area contributed by atoms with Gasteiger partial charge in [-0.15, -0.1) is 11.3 Å². The van der Waals surface area contributed by atoms with E-state index >= 15 is 0 Å². The van der Waals surface area contributed by atoms with Crippen molar-refractivity contribution in [3.63, 3.8) is 0 Å². The lowest BCUT2D eigenvalue weighted by Crippen LogP contribution is -2.09. The Labute approximate surface area is 145 Å². The number of aromatic nitrogens is 3. The molecule has 3 rings (SSSR count). The van der Waals surface area contributed by atoms with E-state index in [0.29, 0.717) is 18.3 Å². The summed E-state index contributed by atoms with van der Waals surface area (Å²) in [5.74, 6) is 1.04. The fraction of sp³-hybridized carbons (Fsp3) is 0.278. The molecule has 0 saturated heterocycles. The van der Waals surface area contributed by atoms with Crippen LogP contribution in [0.25, 0.3) is 23.5 Å². The number of thiazole rings is 1. The third-order valence-corrected chi connectivity index (χ3v) is 4.83. The highest BCUT2D eigenvalue weighted by Crippen LogP contribution is 2.27. The van der Waals surface area contributed by atoms with Gasteiger partial charge < -0.3 is 10.3 Å². The molecule has 0 amide bonds. The number of nitrogens with zero attached hydrogens (tertiary/aromatic N) is 3. The average molecular weight is 340 g/mol. The first-order valence-electron chi connectivity index (χ1n) is 7.73. The van der Waals surface area contributed by atoms with Gasteiger partial charge in [0.1, 0.15) is 0 Å². The molecule has 2 N–H and O–H groups in total. The lowest BCUT2D eigenvalue weighted by Gasteiger charge is -2.13. The molecule has 0 fully saturated rings. The molecule has 2 aromatic heterocycles. The second-order valence-electron chi connectivity index (χ2n) is 6.51. The molecule has 0 unspecified atom stereocenters. The molecule has 124 valence electrons. The first-order valence-corrected chi connectivity index (χ1v) is 8.55. The Kier molecular flexibility index (Phi) is 4.59. The van der Waals surface area contributed by atoms with Gasteiger partial charge in [0.05, 0.1) is 5.01 Å². The van der Waals surface area contributed by atoms with E-state index in [2.05, 4.69) is 35.9 Å². The summed E-state index contributed by atoms with van der Waals surface area (Å²) in [4.78, 5) is 9.92. The van der Waals surface area contributed by atoms with Crippen LogP contribution in [0, 0.1) is 0 Å². The van der Waals surface area contributed by atoms with Crippen molar-refractivity contribution in [2.45, 2.75) is 32.7 Å². The smallest absolute Gasteiger partial charge is 0.250 e. The van der Waals surface area contributed by atoms with E-state index in [1.165, 1.54) is 0 Å². The Bertz CT molecular complexity index is 841. The van der Waals surface area contributed by atoms with Gasteiger partial charge in [0.25, 0.3) is 5.89 Å². The summed E-state index contributed by atoms with van der Waals surface area (Å²) < 4.78 is 5.28. The molecule has 0 spiro atoms. The van der Waals surface area contributed by atoms with Crippen molar-refractivity contribution in [2.24, 2.45) is 5.73 Å². The standard InChI is InChI=1S/C18H20N4OS/c1-18(2,3)17-20-11-14(24-17)8-9-15-21-16(22-23-15)13-6-4-12(10-19)5-7-13/h4-9,11H,10,19H2,1-3H3/b9-8+. The van der Waals surface area contributed by atoms with Crippen molar-refractivity contribution >= 4 is 23.5 Å². The summed E-state index contributed by atoms with van der Waals surface area (Å²) in [5, 5.41) is 5.12. The van der Waals surface area contributed by atoms with E-state index in [-0.39, 0.29) is 5.41 Å². The van der Waals surface area contributed by atoms with E-state index in [0.717, 1.165) is 21.0 Å². The summed E-state index contributed by atoms with van der Waals surface area (Å²) in [7, 11) is 0. The molecule has 0 bridgehead atoms. The van der Waals surface area contributed by atoms with Crippen LogP contribution in [0.2, 0.25) is 0 Å². The molecule has 0 atom stereocenters. The largest absolute Gasteiger partial charge is 0.334 e. The van der Waals surface area contributed by atoms with Crippen LogP contribution in [0.1, 0.15) is 42.1 Å². The molecule has 0 saturated carbocycles. The van der Waals surface area contributed by atoms with Gasteiger partial charge in [0, 0.05) is 34.7 Å². The van der Waals surface area contributed by atoms with Gasteiger partial charge in [0.15, 0.2) is 0 Å². The average Bonchev–Trinajstić information content (AvgIpc) is 3.22. The Morgan fingerprint density at radius 2 is 1.92 bits per heavy atom. The summed E-state index contributed by atoms with van der Waals surface area (Å²) in [5.41, 5.74) is 7.64. The molecule has 5 nitrogen and oxygen atoms in total. The Morgan fingerprint density at radius 1 is 1.17 bits per heavy atom. The zero-order valence-electron chi connectivity index (χ0n) is 14.0. The minimum Gasteiger partial charge on any atom is -0.334 e. The minimum absolute atomic E-state index is 0.0596. The van der Waals surface area contributed by atoms with Gasteiger partial charge >= 0.3 is 0 Å². The van der Waals surface area contributed by atoms with E-state index in [9.17, 15) is 0 Å². The normalized spacial score (nSPS) is 12.2. The topological polar surface area (TPSA) is 77.8 Å². The molecule has 0 aliphatic carbocycles. The molecular formula is C18H20N4OS. The lowest BCUT2D eigenvalue weighted by atomic mass is 9.98. The van der Waals surface area contributed by atoms with E-state index < -0.39 is 0 Å². The zero-order chi connectivity index (χ0) is 17.2. The maximum absolute atomic E-state index is 5.60. The molecular weight excluding hydrogens is 320 g/mol. The van der Waals surface area contributed by atoms with E-state index in [1.807, 2.05) is 42.6 Å². The van der Waals surface area contributed by atoms with Gasteiger partial charge in [-0.1, -0.05) is 50.2 Å². The third kappa shape index (κ3) is 3.77. The third-order valence-electron chi connectivity index (χ3n) is 3.44. The summed E-state index contributed by atoms with van der Waals surface area (Å²) >= 11 is 1.67. The van der Waals surface area contributed by atoms with E-state index in [4.69, 9.17) is 10.3 Å². The van der Waals surface area contributed by atoms with Gasteiger partial charge in [-0.2, -0.15) is 4.98 Å². The second-order valence-corrected chi connectivity index (χ2v) is 7.57. The van der Waals surface area contributed by atoms with Crippen molar-refractivity contribution in [3.05, 3.63) is 51.8 Å². The van der Waals surface area contributed by atoms with Crippen LogP contribution < -0.4 is 5.73 Å². The Balaban J connectivity index is 1.74. The second kappa shape index (κ2) is 6.67. The molecule has 0 aliphatic heterocycles. The number of hydrogen-bond donors (Lipinski definition) is 1. The van der Waals surface area contributed by atoms with E-state index in [1.54, 1.807) is 11.3 Å². The summed E-state index contributed by atoms with van der Waals surface area (Å²) in [6, 6.07) is 7.82. The maximum atomic E-state index is 5.60. The lowest BCUT2D eigenvalue weighted by molar-refractivity contribution is 0.411. The van der Waals surface area contributed by atoms with Gasteiger partial charge in [-0.3, -0.25) is 0 Å². The number of nitrogens with two attached hydrogens (primary N) is 1. The summed E-state index contributed by atoms with van der Waals surface area (Å²) in [6.45, 7) is 6.98. The molecule has 1 aromatic carbocycles. The predicted molar refractivity (Wildman–Crippen MR) is 97.4 cm³/mol. The van der Waals surface area contributed by atoms with Crippen LogP contribution in [0.3, 0.4) is 0 Å². The van der Waals surface area contributed by atoms with Crippen molar-refractivity contribution in [3.8, 4) is 11.4 Å². The van der Waals surface area contributed by atoms with Crippen LogP contribution in [0.5, 0.6) is 0 Å². The number of hydrogen-bond acceptors (Lipinski definition) is 6. The predicted octanol–water partition coefficient (Wildman–Crippen LogP) is 4.12. The zero-order valence-corrected chi connectivity index (χ0v) is 14.8. The van der Waals surface area contributed by atoms with Gasteiger partial charge in [0.2, 0.25) is 5.82 Å². The quantitative estimate of drug-likeness (QED) is 0.773. The van der Waals surface area contributed by atoms with Crippen molar-refractivity contribution in [1.29, 1.82) is 0 Å². The first-order chi connectivity index (χ1) is 11.5. The van der Waals surface area contributed by atoms with Crippen LogP contribution in [-0.4, -0.2) is 15.1 Å². The monoisotopic (exact) mass is 340 g/mol. The fourth-order valence-electron chi connectivity index (χ4n) is 2.07. The van der Waals surface area contributed by atoms with Crippen molar-refractivity contribution < 1.29 is 4.52 Å². The number of rotatable bonds is 4. The fourth-order valence-corrected chi connectivity index (χ4v) is 2.95. The first kappa shape index (κ1) is 16.5. The highest BCUT2D eigenvalue weighted by atomic mass is 32.1. The molecule has 0 aliphatic rings. The van der Waals surface area contributed by atoms with Crippen molar-refractivity contribution in [2.75, 3.05) is 0 Å². The van der Waals surface area contributed by atoms with Gasteiger partial charge in [-0.05, 0) is 11.6 Å². The SMILES string of the molecule is CC(C)(C)c1ncc(/C=C/c2nc(-c3ccc(CN)cc3)no2)s1. The molecule has 24 heavy (non-hydrogen) atoms. The van der Waals surface area contributed by atoms with Crippen LogP contribution in [0.4, 0.5) is 0 Å². The maximum Gasteiger partial charge on any atom is 0.250 e. The molecule has 6 heteroatoms. The highest BCUT2D eigenvalue weighted by Gasteiger charge is 2.17. The number of benzene rings is 1. The Morgan fingerprint density at radius 3 is 2.54 bits per heavy atom. The van der Waals surface area contributed by atoms with Crippen molar-refractivity contribution in [1.82, 2.24) is 15.1 Å². The van der Waals surface area contributed by atoms with Crippen LogP contribution in [0.15, 0.2) is 35.0 Å². The minimum atomic E-state index is 0.0596. The summed E-state index contributed by atoms with van der Waals surface area (Å²) in [6.07, 6.45) is 5.62. The van der Waals surface area contributed by atoms with Crippen LogP contribution >= 0.6 is 11.3 Å². The highest BCUT2D eigenvalue weighted by molar-refractivity contribution is 7.12.